The molecule has 7 heteroatoms. The quantitative estimate of drug-likeness (QED) is 0.819. The third kappa shape index (κ3) is 4.52. The van der Waals surface area contributed by atoms with Gasteiger partial charge < -0.3 is 10.4 Å². The molecule has 0 spiro atoms. The van der Waals surface area contributed by atoms with Crippen LogP contribution in [0.1, 0.15) is 10.4 Å². The Morgan fingerprint density at radius 2 is 1.57 bits per heavy atom. The molecule has 2 aromatic rings. The fourth-order valence-corrected chi connectivity index (χ4v) is 2.72. The lowest BCUT2D eigenvalue weighted by atomic mass is 10.2. The van der Waals surface area contributed by atoms with Crippen molar-refractivity contribution in [2.24, 2.45) is 0 Å². The molecule has 118 valence electrons. The highest BCUT2D eigenvalue weighted by Crippen LogP contribution is 2.17. The third-order valence-electron chi connectivity index (χ3n) is 2.87. The average molecular weight is 331 g/mol. The highest BCUT2D eigenvalue weighted by atomic mass is 32.2. The zero-order chi connectivity index (χ0) is 16.9. The summed E-state index contributed by atoms with van der Waals surface area (Å²) in [6.45, 7) is 0. The maximum Gasteiger partial charge on any atom is 0.329 e. The number of aliphatic carboxylic acids is 1. The lowest BCUT2D eigenvalue weighted by Gasteiger charge is -2.06. The number of carboxylic acids is 1. The highest BCUT2D eigenvalue weighted by Gasteiger charge is 2.11. The molecule has 2 N–H and O–H groups in total. The minimum Gasteiger partial charge on any atom is -0.478 e. The van der Waals surface area contributed by atoms with Gasteiger partial charge >= 0.3 is 5.97 Å². The summed E-state index contributed by atoms with van der Waals surface area (Å²) in [5.41, 5.74) is 0.911. The molecular formula is C16H13NO5S. The van der Waals surface area contributed by atoms with Crippen LogP contribution in [0.3, 0.4) is 0 Å². The number of carbonyl (C=O) groups is 2. The topological polar surface area (TPSA) is 101 Å². The number of amides is 1. The molecule has 2 rings (SSSR count). The van der Waals surface area contributed by atoms with Crippen molar-refractivity contribution in [3.63, 3.8) is 0 Å². The first kappa shape index (κ1) is 16.4. The van der Waals surface area contributed by atoms with Gasteiger partial charge in [0.1, 0.15) is 0 Å². The second-order valence-corrected chi connectivity index (χ2v) is 6.36. The van der Waals surface area contributed by atoms with Gasteiger partial charge in [0.05, 0.1) is 4.90 Å². The molecule has 0 aliphatic rings. The Bertz CT molecular complexity index is 840. The van der Waals surface area contributed by atoms with Gasteiger partial charge in [0.25, 0.3) is 5.91 Å². The first-order valence-corrected chi connectivity index (χ1v) is 8.06. The number of rotatable bonds is 5. The summed E-state index contributed by atoms with van der Waals surface area (Å²) < 4.78 is 23.7. The molecule has 0 fully saturated rings. The molecule has 0 atom stereocenters. The van der Waals surface area contributed by atoms with Gasteiger partial charge in [0, 0.05) is 22.7 Å². The molecule has 2 aromatic carbocycles. The average Bonchev–Trinajstić information content (AvgIpc) is 2.54. The van der Waals surface area contributed by atoms with Gasteiger partial charge in [-0.05, 0) is 36.4 Å². The van der Waals surface area contributed by atoms with E-state index in [0.717, 1.165) is 0 Å². The van der Waals surface area contributed by atoms with Gasteiger partial charge in [0.15, 0.2) is 9.84 Å². The van der Waals surface area contributed by atoms with Crippen LogP contribution in [0.4, 0.5) is 5.69 Å². The number of carbonyl (C=O) groups excluding carboxylic acids is 1. The fraction of sp³-hybridized carbons (Fsp3) is 0. The molecule has 0 aliphatic heterocycles. The van der Waals surface area contributed by atoms with E-state index in [-0.39, 0.29) is 10.8 Å². The molecular weight excluding hydrogens is 318 g/mol. The van der Waals surface area contributed by atoms with Gasteiger partial charge in [-0.3, -0.25) is 4.79 Å². The van der Waals surface area contributed by atoms with E-state index in [9.17, 15) is 18.0 Å². The molecule has 0 aliphatic carbocycles. The second kappa shape index (κ2) is 6.89. The molecule has 0 unspecified atom stereocenters. The monoisotopic (exact) mass is 331 g/mol. The summed E-state index contributed by atoms with van der Waals surface area (Å²) in [5.74, 6) is -1.66. The fourth-order valence-electron chi connectivity index (χ4n) is 1.75. The molecule has 0 heterocycles. The van der Waals surface area contributed by atoms with Crippen LogP contribution in [-0.2, 0) is 14.6 Å². The zero-order valence-electron chi connectivity index (χ0n) is 11.8. The van der Waals surface area contributed by atoms with Gasteiger partial charge in [-0.1, -0.05) is 18.2 Å². The second-order valence-electron chi connectivity index (χ2n) is 4.53. The first-order chi connectivity index (χ1) is 10.9. The molecule has 6 nitrogen and oxygen atoms in total. The third-order valence-corrected chi connectivity index (χ3v) is 4.29. The zero-order valence-corrected chi connectivity index (χ0v) is 12.7. The van der Waals surface area contributed by atoms with Gasteiger partial charge in [-0.2, -0.15) is 0 Å². The normalized spacial score (nSPS) is 11.3. The van der Waals surface area contributed by atoms with Crippen molar-refractivity contribution in [1.82, 2.24) is 0 Å². The van der Waals surface area contributed by atoms with Crippen molar-refractivity contribution in [2.75, 3.05) is 5.32 Å². The number of nitrogens with one attached hydrogen (secondary N) is 1. The van der Waals surface area contributed by atoms with Crippen LogP contribution in [0.5, 0.6) is 0 Å². The summed E-state index contributed by atoms with van der Waals surface area (Å²) in [4.78, 5) is 22.3. The van der Waals surface area contributed by atoms with Gasteiger partial charge in [-0.15, -0.1) is 0 Å². The van der Waals surface area contributed by atoms with E-state index in [1.54, 1.807) is 30.3 Å². The van der Waals surface area contributed by atoms with E-state index in [1.165, 1.54) is 24.3 Å². The number of benzene rings is 2. The Kier molecular flexibility index (Phi) is 4.92. The van der Waals surface area contributed by atoms with E-state index in [4.69, 9.17) is 5.11 Å². The largest absolute Gasteiger partial charge is 0.478 e. The SMILES string of the molecule is O=C(O)C=CS(=O)(=O)c1ccc(NC(=O)c2ccccc2)cc1. The number of anilines is 1. The summed E-state index contributed by atoms with van der Waals surface area (Å²) in [6, 6.07) is 14.0. The summed E-state index contributed by atoms with van der Waals surface area (Å²) in [5, 5.41) is 11.7. The van der Waals surface area contributed by atoms with Crippen LogP contribution in [0.25, 0.3) is 0 Å². The predicted octanol–water partition coefficient (Wildman–Crippen LogP) is 2.31. The highest BCUT2D eigenvalue weighted by molar-refractivity contribution is 7.94. The molecule has 0 saturated heterocycles. The number of hydrogen-bond acceptors (Lipinski definition) is 4. The van der Waals surface area contributed by atoms with Crippen LogP contribution in [-0.4, -0.2) is 25.4 Å². The van der Waals surface area contributed by atoms with E-state index >= 15 is 0 Å². The van der Waals surface area contributed by atoms with Crippen molar-refractivity contribution in [2.45, 2.75) is 4.90 Å². The van der Waals surface area contributed by atoms with Crippen molar-refractivity contribution < 1.29 is 23.1 Å². The Balaban J connectivity index is 2.14. The maximum absolute atomic E-state index is 12.0. The molecule has 0 bridgehead atoms. The molecule has 23 heavy (non-hydrogen) atoms. The predicted molar refractivity (Wildman–Crippen MR) is 84.8 cm³/mol. The van der Waals surface area contributed by atoms with Crippen LogP contribution in [0.2, 0.25) is 0 Å². The Morgan fingerprint density at radius 1 is 0.957 bits per heavy atom. The van der Waals surface area contributed by atoms with E-state index in [2.05, 4.69) is 5.32 Å². The summed E-state index contributed by atoms with van der Waals surface area (Å²) in [6.07, 6.45) is 0.556. The van der Waals surface area contributed by atoms with Gasteiger partial charge in [-0.25, -0.2) is 13.2 Å². The van der Waals surface area contributed by atoms with E-state index < -0.39 is 15.8 Å². The Labute approximate surface area is 133 Å². The number of sulfone groups is 1. The first-order valence-electron chi connectivity index (χ1n) is 6.51. The summed E-state index contributed by atoms with van der Waals surface area (Å²) in [7, 11) is -3.83. The van der Waals surface area contributed by atoms with Crippen molar-refractivity contribution >= 4 is 27.4 Å². The molecule has 0 aromatic heterocycles. The van der Waals surface area contributed by atoms with E-state index in [1.807, 2.05) is 0 Å². The Hall–Kier alpha value is -2.93. The smallest absolute Gasteiger partial charge is 0.329 e. The minimum atomic E-state index is -3.83. The van der Waals surface area contributed by atoms with Crippen molar-refractivity contribution in [1.29, 1.82) is 0 Å². The van der Waals surface area contributed by atoms with Crippen LogP contribution in [0, 0.1) is 0 Å². The molecule has 1 amide bonds. The Morgan fingerprint density at radius 3 is 2.13 bits per heavy atom. The lowest BCUT2D eigenvalue weighted by Crippen LogP contribution is -2.11. The van der Waals surface area contributed by atoms with Crippen LogP contribution < -0.4 is 5.32 Å². The summed E-state index contributed by atoms with van der Waals surface area (Å²) >= 11 is 0. The number of carboxylic acid groups (broad SMARTS) is 1. The standard InChI is InChI=1S/C16H13NO5S/c18-15(19)10-11-23(21,22)14-8-6-13(7-9-14)17-16(20)12-4-2-1-3-5-12/h1-11H,(H,17,20)(H,18,19). The van der Waals surface area contributed by atoms with Crippen molar-refractivity contribution in [3.05, 3.63) is 71.6 Å². The number of hydrogen-bond donors (Lipinski definition) is 2. The van der Waals surface area contributed by atoms with Crippen molar-refractivity contribution in [3.8, 4) is 0 Å². The lowest BCUT2D eigenvalue weighted by molar-refractivity contribution is -0.131. The molecule has 0 saturated carbocycles. The van der Waals surface area contributed by atoms with Crippen LogP contribution in [0.15, 0.2) is 71.0 Å². The maximum atomic E-state index is 12.0. The molecule has 0 radical (unpaired) electrons. The minimum absolute atomic E-state index is 0.0623. The van der Waals surface area contributed by atoms with Gasteiger partial charge in [0.2, 0.25) is 0 Å². The van der Waals surface area contributed by atoms with Crippen LogP contribution >= 0.6 is 0 Å². The van der Waals surface area contributed by atoms with E-state index in [0.29, 0.717) is 22.7 Å².